The van der Waals surface area contributed by atoms with Crippen LogP contribution in [0.5, 0.6) is 11.5 Å². The lowest BCUT2D eigenvalue weighted by Gasteiger charge is -2.13. The van der Waals surface area contributed by atoms with Crippen molar-refractivity contribution in [2.24, 2.45) is 0 Å². The summed E-state index contributed by atoms with van der Waals surface area (Å²) in [6.07, 6.45) is 1.75. The van der Waals surface area contributed by atoms with Crippen LogP contribution in [0.4, 0.5) is 4.39 Å². The molecule has 0 atom stereocenters. The van der Waals surface area contributed by atoms with Gasteiger partial charge in [-0.1, -0.05) is 42.2 Å². The highest BCUT2D eigenvalue weighted by Crippen LogP contribution is 2.32. The van der Waals surface area contributed by atoms with Gasteiger partial charge in [-0.25, -0.2) is 4.39 Å². The maximum atomic E-state index is 13.3. The second-order valence-corrected chi connectivity index (χ2v) is 7.13. The minimum Gasteiger partial charge on any atom is -0.490 e. The predicted molar refractivity (Wildman–Crippen MR) is 105 cm³/mol. The molecule has 0 unspecified atom stereocenters. The zero-order valence-corrected chi connectivity index (χ0v) is 15.6. The van der Waals surface area contributed by atoms with Gasteiger partial charge in [0.25, 0.3) is 5.91 Å². The SMILES string of the molecule is CCOc1cc(/C=C2\SC(=S)NC2=O)ccc1OCc1cccc(F)c1. The molecular formula is C19H16FNO3S2. The lowest BCUT2D eigenvalue weighted by molar-refractivity contribution is -0.115. The maximum Gasteiger partial charge on any atom is 0.263 e. The molecule has 4 nitrogen and oxygen atoms in total. The van der Waals surface area contributed by atoms with E-state index in [4.69, 9.17) is 21.7 Å². The molecule has 1 aliphatic rings. The molecule has 26 heavy (non-hydrogen) atoms. The lowest BCUT2D eigenvalue weighted by atomic mass is 10.2. The molecule has 2 aromatic rings. The van der Waals surface area contributed by atoms with Crippen molar-refractivity contribution >= 4 is 40.3 Å². The summed E-state index contributed by atoms with van der Waals surface area (Å²) in [7, 11) is 0. The average Bonchev–Trinajstić information content (AvgIpc) is 2.92. The Morgan fingerprint density at radius 3 is 2.73 bits per heavy atom. The van der Waals surface area contributed by atoms with Crippen molar-refractivity contribution in [2.45, 2.75) is 13.5 Å². The Hall–Kier alpha value is -2.38. The van der Waals surface area contributed by atoms with Gasteiger partial charge in [-0.05, 0) is 48.4 Å². The normalized spacial score (nSPS) is 15.2. The molecule has 134 valence electrons. The first kappa shape index (κ1) is 18.4. The van der Waals surface area contributed by atoms with Gasteiger partial charge in [0, 0.05) is 0 Å². The van der Waals surface area contributed by atoms with Crippen LogP contribution in [0.2, 0.25) is 0 Å². The number of nitrogens with one attached hydrogen (secondary N) is 1. The quantitative estimate of drug-likeness (QED) is 0.590. The Bertz CT molecular complexity index is 883. The fraction of sp³-hybridized carbons (Fsp3) is 0.158. The van der Waals surface area contributed by atoms with E-state index >= 15 is 0 Å². The summed E-state index contributed by atoms with van der Waals surface area (Å²) < 4.78 is 25.1. The molecule has 1 fully saturated rings. The fourth-order valence-corrected chi connectivity index (χ4v) is 3.41. The van der Waals surface area contributed by atoms with Gasteiger partial charge in [0.05, 0.1) is 11.5 Å². The van der Waals surface area contributed by atoms with Crippen LogP contribution in [0.25, 0.3) is 6.08 Å². The van der Waals surface area contributed by atoms with E-state index in [0.29, 0.717) is 27.3 Å². The number of rotatable bonds is 6. The number of thioether (sulfide) groups is 1. The van der Waals surface area contributed by atoms with Crippen LogP contribution in [0.15, 0.2) is 47.4 Å². The van der Waals surface area contributed by atoms with Gasteiger partial charge >= 0.3 is 0 Å². The number of halogens is 1. The second kappa shape index (κ2) is 8.33. The van der Waals surface area contributed by atoms with E-state index in [1.165, 1.54) is 23.9 Å². The highest BCUT2D eigenvalue weighted by molar-refractivity contribution is 8.26. The first-order valence-corrected chi connectivity index (χ1v) is 9.16. The highest BCUT2D eigenvalue weighted by atomic mass is 32.2. The summed E-state index contributed by atoms with van der Waals surface area (Å²) in [5.74, 6) is 0.606. The van der Waals surface area contributed by atoms with Crippen molar-refractivity contribution in [3.63, 3.8) is 0 Å². The molecule has 0 saturated carbocycles. The smallest absolute Gasteiger partial charge is 0.263 e. The third kappa shape index (κ3) is 4.62. The van der Waals surface area contributed by atoms with Gasteiger partial charge in [0.1, 0.15) is 16.7 Å². The van der Waals surface area contributed by atoms with Crippen molar-refractivity contribution in [1.29, 1.82) is 0 Å². The Morgan fingerprint density at radius 1 is 1.19 bits per heavy atom. The maximum absolute atomic E-state index is 13.3. The van der Waals surface area contributed by atoms with Gasteiger partial charge in [-0.3, -0.25) is 4.79 Å². The van der Waals surface area contributed by atoms with E-state index in [9.17, 15) is 9.18 Å². The Balaban J connectivity index is 1.79. The molecule has 7 heteroatoms. The molecule has 3 rings (SSSR count). The molecule has 0 aliphatic carbocycles. The molecule has 1 N–H and O–H groups in total. The zero-order chi connectivity index (χ0) is 18.5. The Kier molecular flexibility index (Phi) is 5.90. The topological polar surface area (TPSA) is 47.6 Å². The predicted octanol–water partition coefficient (Wildman–Crippen LogP) is 4.29. The molecule has 1 amide bonds. The Morgan fingerprint density at radius 2 is 2.04 bits per heavy atom. The molecule has 1 saturated heterocycles. The number of ether oxygens (including phenoxy) is 2. The van der Waals surface area contributed by atoms with Crippen LogP contribution in [0.3, 0.4) is 0 Å². The summed E-state index contributed by atoms with van der Waals surface area (Å²) in [4.78, 5) is 12.3. The van der Waals surface area contributed by atoms with E-state index in [1.807, 2.05) is 13.0 Å². The van der Waals surface area contributed by atoms with Crippen LogP contribution in [-0.4, -0.2) is 16.8 Å². The van der Waals surface area contributed by atoms with Crippen molar-refractivity contribution in [2.75, 3.05) is 6.61 Å². The van der Waals surface area contributed by atoms with Gasteiger partial charge in [-0.15, -0.1) is 0 Å². The molecule has 1 heterocycles. The van der Waals surface area contributed by atoms with Gasteiger partial charge in [0.2, 0.25) is 0 Å². The first-order chi connectivity index (χ1) is 12.5. The number of benzene rings is 2. The third-order valence-corrected chi connectivity index (χ3v) is 4.65. The average molecular weight is 389 g/mol. The summed E-state index contributed by atoms with van der Waals surface area (Å²) in [5, 5.41) is 2.58. The number of amides is 1. The van der Waals surface area contributed by atoms with Crippen molar-refractivity contribution in [3.05, 3.63) is 64.3 Å². The van der Waals surface area contributed by atoms with Crippen molar-refractivity contribution in [3.8, 4) is 11.5 Å². The van der Waals surface area contributed by atoms with E-state index in [2.05, 4.69) is 5.32 Å². The fourth-order valence-electron chi connectivity index (χ4n) is 2.36. The number of hydrogen-bond donors (Lipinski definition) is 1. The summed E-state index contributed by atoms with van der Waals surface area (Å²) in [6.45, 7) is 2.57. The third-order valence-electron chi connectivity index (χ3n) is 3.49. The van der Waals surface area contributed by atoms with E-state index in [1.54, 1.807) is 30.3 Å². The Labute approximate surface area is 160 Å². The van der Waals surface area contributed by atoms with Crippen LogP contribution in [-0.2, 0) is 11.4 Å². The summed E-state index contributed by atoms with van der Waals surface area (Å²) in [6, 6.07) is 11.6. The molecule has 0 spiro atoms. The number of thiocarbonyl (C=S) groups is 1. The monoisotopic (exact) mass is 389 g/mol. The number of hydrogen-bond acceptors (Lipinski definition) is 5. The highest BCUT2D eigenvalue weighted by Gasteiger charge is 2.22. The van der Waals surface area contributed by atoms with Crippen LogP contribution < -0.4 is 14.8 Å². The van der Waals surface area contributed by atoms with Gasteiger partial charge in [-0.2, -0.15) is 0 Å². The van der Waals surface area contributed by atoms with Crippen LogP contribution >= 0.6 is 24.0 Å². The van der Waals surface area contributed by atoms with E-state index in [-0.39, 0.29) is 18.3 Å². The van der Waals surface area contributed by atoms with Crippen LogP contribution in [0.1, 0.15) is 18.1 Å². The standard InChI is InChI=1S/C19H16FNO3S2/c1-2-23-16-9-12(10-17-18(22)21-19(25)26-17)6-7-15(16)24-11-13-4-3-5-14(20)8-13/h3-10H,2,11H2,1H3,(H,21,22,25)/b17-10-. The van der Waals surface area contributed by atoms with Crippen LogP contribution in [0, 0.1) is 5.82 Å². The van der Waals surface area contributed by atoms with Gasteiger partial charge in [0.15, 0.2) is 11.5 Å². The molecule has 0 radical (unpaired) electrons. The second-order valence-electron chi connectivity index (χ2n) is 5.41. The molecule has 1 aliphatic heterocycles. The zero-order valence-electron chi connectivity index (χ0n) is 14.0. The molecule has 2 aromatic carbocycles. The van der Waals surface area contributed by atoms with Crippen molar-refractivity contribution < 1.29 is 18.7 Å². The first-order valence-electron chi connectivity index (χ1n) is 7.94. The summed E-state index contributed by atoms with van der Waals surface area (Å²) in [5.41, 5.74) is 1.53. The number of carbonyl (C=O) groups excluding carboxylic acids is 1. The number of carbonyl (C=O) groups is 1. The van der Waals surface area contributed by atoms with Crippen molar-refractivity contribution in [1.82, 2.24) is 5.32 Å². The molecular weight excluding hydrogens is 373 g/mol. The largest absolute Gasteiger partial charge is 0.490 e. The minimum absolute atomic E-state index is 0.204. The van der Waals surface area contributed by atoms with E-state index < -0.39 is 0 Å². The molecule has 0 bridgehead atoms. The minimum atomic E-state index is -0.302. The molecule has 0 aromatic heterocycles. The lowest BCUT2D eigenvalue weighted by Crippen LogP contribution is -2.17. The van der Waals surface area contributed by atoms with E-state index in [0.717, 1.165) is 11.1 Å². The van der Waals surface area contributed by atoms with Gasteiger partial charge < -0.3 is 14.8 Å². The summed E-state index contributed by atoms with van der Waals surface area (Å²) >= 11 is 6.21.